The van der Waals surface area contributed by atoms with E-state index in [1.165, 1.54) is 0 Å². The van der Waals surface area contributed by atoms with Crippen LogP contribution in [0.4, 0.5) is 0 Å². The summed E-state index contributed by atoms with van der Waals surface area (Å²) in [5.41, 5.74) is 1.03. The van der Waals surface area contributed by atoms with Crippen LogP contribution in [-0.4, -0.2) is 24.5 Å². The number of hydrogen-bond donors (Lipinski definition) is 1. The van der Waals surface area contributed by atoms with Gasteiger partial charge in [0.15, 0.2) is 0 Å². The van der Waals surface area contributed by atoms with Gasteiger partial charge in [-0.3, -0.25) is 4.68 Å². The van der Waals surface area contributed by atoms with Gasteiger partial charge < -0.3 is 5.32 Å². The van der Waals surface area contributed by atoms with Crippen LogP contribution < -0.4 is 5.32 Å². The van der Waals surface area contributed by atoms with E-state index in [-0.39, 0.29) is 0 Å². The van der Waals surface area contributed by atoms with E-state index in [2.05, 4.69) is 34.3 Å². The van der Waals surface area contributed by atoms with Crippen molar-refractivity contribution >= 4 is 0 Å². The lowest BCUT2D eigenvalue weighted by molar-refractivity contribution is 0.488. The molecule has 0 bridgehead atoms. The first-order valence-corrected chi connectivity index (χ1v) is 5.74. The SMILES string of the molecule is CC(C)n1ncnc1CNCc1ccn(C)n1. The van der Waals surface area contributed by atoms with Crippen molar-refractivity contribution in [1.29, 1.82) is 0 Å². The molecule has 0 saturated carbocycles. The summed E-state index contributed by atoms with van der Waals surface area (Å²) in [7, 11) is 1.92. The summed E-state index contributed by atoms with van der Waals surface area (Å²) in [4.78, 5) is 4.24. The van der Waals surface area contributed by atoms with E-state index in [4.69, 9.17) is 0 Å². The summed E-state index contributed by atoms with van der Waals surface area (Å²) in [6.45, 7) is 5.63. The van der Waals surface area contributed by atoms with E-state index >= 15 is 0 Å². The average molecular weight is 234 g/mol. The molecule has 92 valence electrons. The molecule has 2 aromatic heterocycles. The average Bonchev–Trinajstić information content (AvgIpc) is 2.87. The molecule has 6 heteroatoms. The Balaban J connectivity index is 1.88. The maximum Gasteiger partial charge on any atom is 0.141 e. The molecule has 1 N–H and O–H groups in total. The third-order valence-electron chi connectivity index (χ3n) is 2.49. The third kappa shape index (κ3) is 2.91. The van der Waals surface area contributed by atoms with Crippen molar-refractivity contribution < 1.29 is 0 Å². The van der Waals surface area contributed by atoms with Gasteiger partial charge in [0.1, 0.15) is 12.2 Å². The van der Waals surface area contributed by atoms with Crippen molar-refractivity contribution in [2.75, 3.05) is 0 Å². The first-order valence-electron chi connectivity index (χ1n) is 5.74. The molecule has 0 unspecified atom stereocenters. The highest BCUT2D eigenvalue weighted by Crippen LogP contribution is 2.04. The Labute approximate surface area is 101 Å². The maximum absolute atomic E-state index is 4.30. The molecule has 2 aromatic rings. The summed E-state index contributed by atoms with van der Waals surface area (Å²) in [5, 5.41) is 11.8. The zero-order valence-electron chi connectivity index (χ0n) is 10.5. The lowest BCUT2D eigenvalue weighted by Gasteiger charge is -2.09. The van der Waals surface area contributed by atoms with Gasteiger partial charge in [-0.05, 0) is 19.9 Å². The van der Waals surface area contributed by atoms with Gasteiger partial charge in [0.2, 0.25) is 0 Å². The second-order valence-corrected chi connectivity index (χ2v) is 4.30. The first-order chi connectivity index (χ1) is 8.16. The van der Waals surface area contributed by atoms with Gasteiger partial charge in [-0.1, -0.05) is 0 Å². The van der Waals surface area contributed by atoms with E-state index in [0.29, 0.717) is 12.6 Å². The second kappa shape index (κ2) is 5.09. The molecule has 0 amide bonds. The van der Waals surface area contributed by atoms with Crippen LogP contribution in [0.25, 0.3) is 0 Å². The van der Waals surface area contributed by atoms with Crippen LogP contribution in [0.1, 0.15) is 31.4 Å². The maximum atomic E-state index is 4.30. The molecule has 2 rings (SSSR count). The van der Waals surface area contributed by atoms with Crippen LogP contribution in [0, 0.1) is 0 Å². The van der Waals surface area contributed by atoms with Crippen molar-refractivity contribution in [3.05, 3.63) is 30.1 Å². The Morgan fingerprint density at radius 3 is 2.82 bits per heavy atom. The van der Waals surface area contributed by atoms with Crippen LogP contribution in [0.5, 0.6) is 0 Å². The number of rotatable bonds is 5. The summed E-state index contributed by atoms with van der Waals surface area (Å²) >= 11 is 0. The molecule has 2 heterocycles. The number of aryl methyl sites for hydroxylation is 1. The van der Waals surface area contributed by atoms with Gasteiger partial charge in [-0.2, -0.15) is 10.2 Å². The molecule has 17 heavy (non-hydrogen) atoms. The summed E-state index contributed by atoms with van der Waals surface area (Å²) < 4.78 is 3.72. The van der Waals surface area contributed by atoms with Crippen LogP contribution in [0.15, 0.2) is 18.6 Å². The monoisotopic (exact) mass is 234 g/mol. The van der Waals surface area contributed by atoms with E-state index in [1.807, 2.05) is 24.0 Å². The molecular weight excluding hydrogens is 216 g/mol. The Kier molecular flexibility index (Phi) is 3.53. The largest absolute Gasteiger partial charge is 0.304 e. The molecule has 0 aliphatic heterocycles. The number of hydrogen-bond acceptors (Lipinski definition) is 4. The fourth-order valence-corrected chi connectivity index (χ4v) is 1.69. The van der Waals surface area contributed by atoms with Crippen molar-refractivity contribution in [1.82, 2.24) is 29.9 Å². The molecule has 0 aliphatic rings. The molecule has 0 aromatic carbocycles. The minimum Gasteiger partial charge on any atom is -0.304 e. The molecular formula is C11H18N6. The summed E-state index contributed by atoms with van der Waals surface area (Å²) in [6, 6.07) is 2.34. The number of aromatic nitrogens is 5. The van der Waals surface area contributed by atoms with E-state index in [0.717, 1.165) is 18.1 Å². The highest BCUT2D eigenvalue weighted by Gasteiger charge is 2.06. The van der Waals surface area contributed by atoms with Crippen LogP contribution in [-0.2, 0) is 20.1 Å². The third-order valence-corrected chi connectivity index (χ3v) is 2.49. The molecule has 0 aliphatic carbocycles. The Bertz CT molecular complexity index is 470. The Morgan fingerprint density at radius 2 is 2.18 bits per heavy atom. The zero-order chi connectivity index (χ0) is 12.3. The molecule has 0 saturated heterocycles. The second-order valence-electron chi connectivity index (χ2n) is 4.30. The predicted octanol–water partition coefficient (Wildman–Crippen LogP) is 0.882. The Hall–Kier alpha value is -1.69. The van der Waals surface area contributed by atoms with E-state index in [1.54, 1.807) is 11.0 Å². The molecule has 6 nitrogen and oxygen atoms in total. The highest BCUT2D eigenvalue weighted by molar-refractivity contribution is 4.98. The van der Waals surface area contributed by atoms with Gasteiger partial charge >= 0.3 is 0 Å². The van der Waals surface area contributed by atoms with E-state index in [9.17, 15) is 0 Å². The predicted molar refractivity (Wildman–Crippen MR) is 64.2 cm³/mol. The quantitative estimate of drug-likeness (QED) is 0.834. The van der Waals surface area contributed by atoms with Gasteiger partial charge in [-0.15, -0.1) is 0 Å². The van der Waals surface area contributed by atoms with Crippen LogP contribution in [0.2, 0.25) is 0 Å². The highest BCUT2D eigenvalue weighted by atomic mass is 15.4. The van der Waals surface area contributed by atoms with Crippen molar-refractivity contribution in [2.45, 2.75) is 33.0 Å². The zero-order valence-corrected chi connectivity index (χ0v) is 10.5. The molecule has 0 radical (unpaired) electrons. The smallest absolute Gasteiger partial charge is 0.141 e. The van der Waals surface area contributed by atoms with Crippen LogP contribution in [0.3, 0.4) is 0 Å². The van der Waals surface area contributed by atoms with Crippen molar-refractivity contribution in [3.8, 4) is 0 Å². The molecule has 0 spiro atoms. The number of nitrogens with one attached hydrogen (secondary N) is 1. The summed E-state index contributed by atoms with van der Waals surface area (Å²) in [6.07, 6.45) is 3.53. The molecule has 0 fully saturated rings. The summed E-state index contributed by atoms with van der Waals surface area (Å²) in [5.74, 6) is 0.955. The van der Waals surface area contributed by atoms with Crippen molar-refractivity contribution in [2.24, 2.45) is 7.05 Å². The van der Waals surface area contributed by atoms with Gasteiger partial charge in [0.05, 0.1) is 12.2 Å². The van der Waals surface area contributed by atoms with Crippen LogP contribution >= 0.6 is 0 Å². The minimum absolute atomic E-state index is 0.337. The van der Waals surface area contributed by atoms with Crippen molar-refractivity contribution in [3.63, 3.8) is 0 Å². The topological polar surface area (TPSA) is 60.6 Å². The van der Waals surface area contributed by atoms with Gasteiger partial charge in [-0.25, -0.2) is 9.67 Å². The van der Waals surface area contributed by atoms with Gasteiger partial charge in [0, 0.05) is 25.8 Å². The lowest BCUT2D eigenvalue weighted by Crippen LogP contribution is -2.18. The minimum atomic E-state index is 0.337. The fraction of sp³-hybridized carbons (Fsp3) is 0.545. The molecule has 0 atom stereocenters. The normalized spacial score (nSPS) is 11.3. The first kappa shape index (κ1) is 11.8. The van der Waals surface area contributed by atoms with E-state index < -0.39 is 0 Å². The fourth-order valence-electron chi connectivity index (χ4n) is 1.69. The lowest BCUT2D eigenvalue weighted by atomic mass is 10.4. The Morgan fingerprint density at radius 1 is 1.35 bits per heavy atom. The standard InChI is InChI=1S/C11H18N6/c1-9(2)17-11(13-8-14-17)7-12-6-10-4-5-16(3)15-10/h4-5,8-9,12H,6-7H2,1-3H3. The van der Waals surface area contributed by atoms with Gasteiger partial charge in [0.25, 0.3) is 0 Å². The number of nitrogens with zero attached hydrogens (tertiary/aromatic N) is 5.